The van der Waals surface area contributed by atoms with Gasteiger partial charge in [0.05, 0.1) is 0 Å². The maximum absolute atomic E-state index is 8.34. The average molecular weight is 242 g/mol. The van der Waals surface area contributed by atoms with E-state index in [9.17, 15) is 0 Å². The van der Waals surface area contributed by atoms with Crippen LogP contribution < -0.4 is 0 Å². The van der Waals surface area contributed by atoms with Gasteiger partial charge in [-0.1, -0.05) is 0 Å². The number of hydrogen-bond donors (Lipinski definition) is 0. The Kier molecular flexibility index (Phi) is 63.1. The zero-order chi connectivity index (χ0) is 4.00. The minimum absolute atomic E-state index is 0.300. The Morgan fingerprint density at radius 2 is 1.25 bits per heavy atom. The fourth-order valence-electron chi connectivity index (χ4n) is 0. The van der Waals surface area contributed by atoms with Crippen LogP contribution in [0.4, 0.5) is 0 Å². The minimum atomic E-state index is 0.300. The number of rotatable bonds is 0. The molecule has 0 bridgehead atoms. The van der Waals surface area contributed by atoms with Gasteiger partial charge in [-0.3, -0.25) is 0 Å². The van der Waals surface area contributed by atoms with Gasteiger partial charge in [-0.05, 0) is 0 Å². The molecular formula is O2SnZr. The summed E-state index contributed by atoms with van der Waals surface area (Å²) >= 11 is 0.600. The zero-order valence-corrected chi connectivity index (χ0v) is 7.13. The summed E-state index contributed by atoms with van der Waals surface area (Å²) in [6.07, 6.45) is 0. The Labute approximate surface area is 52.7 Å². The third-order valence-electron chi connectivity index (χ3n) is 0. The van der Waals surface area contributed by atoms with Crippen LogP contribution in [0, 0.1) is 0 Å². The Balaban J connectivity index is 0. The first-order valence-electron chi connectivity index (χ1n) is 0.408. The molecule has 0 aromatic rings. The predicted molar refractivity (Wildman–Crippen MR) is 7.13 cm³/mol. The van der Waals surface area contributed by atoms with E-state index in [1.807, 2.05) is 0 Å². The molecule has 0 aromatic heterocycles. The molecule has 0 aromatic carbocycles. The summed E-state index contributed by atoms with van der Waals surface area (Å²) < 4.78 is 16.7. The maximum atomic E-state index is 8.34. The van der Waals surface area contributed by atoms with E-state index >= 15 is 0 Å². The van der Waals surface area contributed by atoms with Gasteiger partial charge in [-0.15, -0.1) is 0 Å². The molecule has 2 nitrogen and oxygen atoms in total. The fraction of sp³-hybridized carbons (Fsp3) is 0. The predicted octanol–water partition coefficient (Wildman–Crippen LogP) is -0.621. The van der Waals surface area contributed by atoms with Crippen molar-refractivity contribution in [1.29, 1.82) is 0 Å². The molecule has 0 saturated carbocycles. The van der Waals surface area contributed by atoms with Crippen LogP contribution in [0.3, 0.4) is 0 Å². The molecule has 0 amide bonds. The van der Waals surface area contributed by atoms with Crippen molar-refractivity contribution in [2.45, 2.75) is 0 Å². The first-order valence-corrected chi connectivity index (χ1v) is 2.58. The first-order chi connectivity index (χ1) is 2.00. The number of hydrogen-bond acceptors (Lipinski definition) is 2. The zero-order valence-electron chi connectivity index (χ0n) is 1.82. The van der Waals surface area contributed by atoms with Crippen molar-refractivity contribution in [3.8, 4) is 0 Å². The summed E-state index contributed by atoms with van der Waals surface area (Å²) in [4.78, 5) is 0. The van der Waals surface area contributed by atoms with Crippen molar-refractivity contribution in [2.24, 2.45) is 0 Å². The standard InChI is InChI=1S/2O.Sn.Zr. The molecule has 0 N–H and O–H groups in total. The van der Waals surface area contributed by atoms with Gasteiger partial charge in [-0.25, -0.2) is 0 Å². The van der Waals surface area contributed by atoms with Crippen molar-refractivity contribution in [2.75, 3.05) is 0 Å². The summed E-state index contributed by atoms with van der Waals surface area (Å²) in [5, 5.41) is 0. The van der Waals surface area contributed by atoms with Crippen molar-refractivity contribution in [3.05, 3.63) is 0 Å². The van der Waals surface area contributed by atoms with E-state index in [1.165, 1.54) is 0 Å². The van der Waals surface area contributed by atoms with E-state index < -0.39 is 0 Å². The Morgan fingerprint density at radius 3 is 1.25 bits per heavy atom. The van der Waals surface area contributed by atoms with Crippen LogP contribution in [0.25, 0.3) is 0 Å². The van der Waals surface area contributed by atoms with Gasteiger partial charge in [0.1, 0.15) is 0 Å². The molecule has 0 aliphatic rings. The van der Waals surface area contributed by atoms with Crippen molar-refractivity contribution >= 4 is 22.5 Å². The molecule has 0 spiro atoms. The molecule has 0 fully saturated rings. The van der Waals surface area contributed by atoms with Gasteiger partial charge in [0.25, 0.3) is 0 Å². The quantitative estimate of drug-likeness (QED) is 0.530. The molecule has 0 heterocycles. The van der Waals surface area contributed by atoms with Crippen LogP contribution in [0.2, 0.25) is 0 Å². The van der Waals surface area contributed by atoms with E-state index in [1.54, 1.807) is 0 Å². The second-order valence-electron chi connectivity index (χ2n) is 0. The van der Waals surface area contributed by atoms with E-state index in [2.05, 4.69) is 0 Å². The molecule has 0 aliphatic heterocycles. The van der Waals surface area contributed by atoms with E-state index in [0.717, 1.165) is 0 Å². The van der Waals surface area contributed by atoms with Gasteiger partial charge >= 0.3 is 53.1 Å². The van der Waals surface area contributed by atoms with Crippen LogP contribution >= 0.6 is 0 Å². The molecule has 4 heavy (non-hydrogen) atoms. The average Bonchev–Trinajstić information content (AvgIpc) is 1.50. The van der Waals surface area contributed by atoms with Crippen molar-refractivity contribution in [1.82, 2.24) is 0 Å². The van der Waals surface area contributed by atoms with Gasteiger partial charge in [0.15, 0.2) is 0 Å². The van der Waals surface area contributed by atoms with Crippen LogP contribution in [0.5, 0.6) is 0 Å². The van der Waals surface area contributed by atoms with Crippen LogP contribution in [0.15, 0.2) is 0 Å². The van der Waals surface area contributed by atoms with E-state index in [4.69, 9.17) is 5.89 Å². The SMILES string of the molecule is [O]=[Sn].[O]=[Zr]. The Hall–Kier alpha value is 1.28. The third-order valence-corrected chi connectivity index (χ3v) is 0. The van der Waals surface area contributed by atoms with Crippen molar-refractivity contribution in [3.63, 3.8) is 0 Å². The van der Waals surface area contributed by atoms with E-state index in [0.29, 0.717) is 47.2 Å². The molecule has 0 rings (SSSR count). The summed E-state index contributed by atoms with van der Waals surface area (Å²) in [5.74, 6) is 0. The molecule has 0 unspecified atom stereocenters. The fourth-order valence-corrected chi connectivity index (χ4v) is 0. The van der Waals surface area contributed by atoms with E-state index in [-0.39, 0.29) is 0 Å². The molecule has 0 saturated heterocycles. The van der Waals surface area contributed by atoms with Crippen molar-refractivity contribution < 1.29 is 30.6 Å². The summed E-state index contributed by atoms with van der Waals surface area (Å²) in [5.41, 5.74) is 0. The molecule has 2 radical (unpaired) electrons. The van der Waals surface area contributed by atoms with Gasteiger partial charge in [0.2, 0.25) is 0 Å². The molecule has 0 atom stereocenters. The molecule has 4 heteroatoms. The second-order valence-corrected chi connectivity index (χ2v) is 0. The Morgan fingerprint density at radius 1 is 1.25 bits per heavy atom. The summed E-state index contributed by atoms with van der Waals surface area (Å²) in [6.45, 7) is 0. The summed E-state index contributed by atoms with van der Waals surface area (Å²) in [7, 11) is 0. The first kappa shape index (κ1) is 8.99. The molecule has 0 aliphatic carbocycles. The third kappa shape index (κ3) is 10.4. The Bertz CT molecular complexity index is 8.00. The van der Waals surface area contributed by atoms with Crippen LogP contribution in [-0.2, 0) is 30.6 Å². The molecular weight excluding hydrogens is 242 g/mol. The topological polar surface area (TPSA) is 34.1 Å². The van der Waals surface area contributed by atoms with Crippen LogP contribution in [-0.4, -0.2) is 22.5 Å². The van der Waals surface area contributed by atoms with Crippen LogP contribution in [0.1, 0.15) is 0 Å². The van der Waals surface area contributed by atoms with Gasteiger partial charge in [-0.2, -0.15) is 0 Å². The van der Waals surface area contributed by atoms with Gasteiger partial charge < -0.3 is 0 Å². The summed E-state index contributed by atoms with van der Waals surface area (Å²) in [6, 6.07) is 0. The normalized spacial score (nSPS) is 1.75. The monoisotopic (exact) mass is 242 g/mol. The second kappa shape index (κ2) is 28.1. The van der Waals surface area contributed by atoms with Gasteiger partial charge in [0, 0.05) is 0 Å². The molecule has 20 valence electrons.